The van der Waals surface area contributed by atoms with Gasteiger partial charge in [-0.15, -0.1) is 0 Å². The van der Waals surface area contributed by atoms with Gasteiger partial charge >= 0.3 is 0 Å². The molecule has 1 N–H and O–H groups in total. The zero-order valence-electron chi connectivity index (χ0n) is 14.5. The Kier molecular flexibility index (Phi) is 4.13. The molecule has 2 aromatic rings. The van der Waals surface area contributed by atoms with E-state index < -0.39 is 0 Å². The Hall–Kier alpha value is -2.63. The van der Waals surface area contributed by atoms with Gasteiger partial charge in [-0.3, -0.25) is 14.3 Å². The molecule has 1 aromatic carbocycles. The predicted octanol–water partition coefficient (Wildman–Crippen LogP) is 2.58. The highest BCUT2D eigenvalue weighted by atomic mass is 16.2. The molecule has 0 unspecified atom stereocenters. The summed E-state index contributed by atoms with van der Waals surface area (Å²) in [6.45, 7) is 6.40. The summed E-state index contributed by atoms with van der Waals surface area (Å²) in [7, 11) is 1.92. The Morgan fingerprint density at radius 1 is 1.21 bits per heavy atom. The second kappa shape index (κ2) is 6.11. The van der Waals surface area contributed by atoms with Crippen LogP contribution in [0.4, 0.5) is 11.5 Å². The number of hydrogen-bond acceptors (Lipinski definition) is 4. The fourth-order valence-corrected chi connectivity index (χ4v) is 3.16. The lowest BCUT2D eigenvalue weighted by Crippen LogP contribution is -2.34. The first kappa shape index (κ1) is 16.2. The number of carbonyl (C=O) groups excluding carboxylic acids is 2. The Labute approximate surface area is 141 Å². The van der Waals surface area contributed by atoms with Gasteiger partial charge in [0.2, 0.25) is 5.91 Å². The van der Waals surface area contributed by atoms with E-state index in [1.807, 2.05) is 41.8 Å². The molecule has 6 nitrogen and oxygen atoms in total. The highest BCUT2D eigenvalue weighted by molar-refractivity contribution is 5.95. The third-order valence-electron chi connectivity index (χ3n) is 4.43. The molecule has 2 heterocycles. The van der Waals surface area contributed by atoms with E-state index in [0.717, 1.165) is 41.3 Å². The maximum Gasteiger partial charge on any atom is 0.219 e. The maximum atomic E-state index is 11.7. The van der Waals surface area contributed by atoms with Crippen LogP contribution in [0.15, 0.2) is 18.2 Å². The van der Waals surface area contributed by atoms with Crippen molar-refractivity contribution < 1.29 is 9.59 Å². The molecule has 0 atom stereocenters. The van der Waals surface area contributed by atoms with E-state index in [2.05, 4.69) is 10.4 Å². The molecule has 0 aliphatic carbocycles. The number of aryl methyl sites for hydroxylation is 2. The van der Waals surface area contributed by atoms with Crippen LogP contribution in [0.5, 0.6) is 0 Å². The maximum absolute atomic E-state index is 11.7. The molecule has 0 spiro atoms. The number of nitrogens with one attached hydrogen (secondary N) is 1. The zero-order chi connectivity index (χ0) is 17.4. The molecule has 0 radical (unpaired) electrons. The third kappa shape index (κ3) is 3.04. The number of ketones is 1. The second-order valence-corrected chi connectivity index (χ2v) is 6.36. The number of benzene rings is 1. The van der Waals surface area contributed by atoms with Crippen LogP contribution in [0.2, 0.25) is 0 Å². The van der Waals surface area contributed by atoms with Gasteiger partial charge in [0.1, 0.15) is 0 Å². The average molecular weight is 326 g/mol. The summed E-state index contributed by atoms with van der Waals surface area (Å²) in [4.78, 5) is 25.2. The number of anilines is 2. The number of Topliss-reactive ketones (excluding diaryl/α,β-unsaturated/α-hetero) is 1. The van der Waals surface area contributed by atoms with E-state index in [4.69, 9.17) is 0 Å². The Morgan fingerprint density at radius 3 is 2.62 bits per heavy atom. The minimum Gasteiger partial charge on any atom is -0.338 e. The highest BCUT2D eigenvalue weighted by Crippen LogP contribution is 2.28. The van der Waals surface area contributed by atoms with Crippen LogP contribution in [0, 0.1) is 6.92 Å². The SMILES string of the molecule is CC(=O)c1cc(C)cc(Nc2nn(C)c3c2CN(C(C)=O)CC3)c1. The van der Waals surface area contributed by atoms with Crippen LogP contribution in [-0.4, -0.2) is 32.9 Å². The van der Waals surface area contributed by atoms with Gasteiger partial charge in [0.25, 0.3) is 0 Å². The minimum atomic E-state index is 0.0348. The third-order valence-corrected chi connectivity index (χ3v) is 4.43. The first-order chi connectivity index (χ1) is 11.3. The van der Waals surface area contributed by atoms with Crippen LogP contribution in [0.3, 0.4) is 0 Å². The lowest BCUT2D eigenvalue weighted by atomic mass is 10.1. The van der Waals surface area contributed by atoms with Crippen molar-refractivity contribution in [2.24, 2.45) is 7.05 Å². The molecular formula is C18H22N4O2. The van der Waals surface area contributed by atoms with E-state index in [9.17, 15) is 9.59 Å². The van der Waals surface area contributed by atoms with Crippen LogP contribution in [0.25, 0.3) is 0 Å². The monoisotopic (exact) mass is 326 g/mol. The van der Waals surface area contributed by atoms with Crippen molar-refractivity contribution in [3.8, 4) is 0 Å². The normalized spacial score (nSPS) is 13.6. The lowest BCUT2D eigenvalue weighted by Gasteiger charge is -2.26. The Balaban J connectivity index is 1.95. The van der Waals surface area contributed by atoms with E-state index in [1.54, 1.807) is 13.8 Å². The quantitative estimate of drug-likeness (QED) is 0.880. The van der Waals surface area contributed by atoms with Crippen LogP contribution in [0.1, 0.15) is 41.0 Å². The van der Waals surface area contributed by atoms with Gasteiger partial charge in [-0.25, -0.2) is 0 Å². The summed E-state index contributed by atoms with van der Waals surface area (Å²) < 4.78 is 1.87. The molecule has 0 fully saturated rings. The largest absolute Gasteiger partial charge is 0.338 e. The van der Waals surface area contributed by atoms with E-state index in [0.29, 0.717) is 12.1 Å². The van der Waals surface area contributed by atoms with Crippen molar-refractivity contribution >= 4 is 23.2 Å². The molecule has 126 valence electrons. The summed E-state index contributed by atoms with van der Waals surface area (Å²) in [6, 6.07) is 5.69. The summed E-state index contributed by atoms with van der Waals surface area (Å²) in [5, 5.41) is 7.89. The van der Waals surface area contributed by atoms with Gasteiger partial charge in [0.05, 0.1) is 6.54 Å². The molecule has 24 heavy (non-hydrogen) atoms. The van der Waals surface area contributed by atoms with Crippen molar-refractivity contribution in [1.82, 2.24) is 14.7 Å². The molecule has 3 rings (SSSR count). The van der Waals surface area contributed by atoms with Gasteiger partial charge in [-0.1, -0.05) is 0 Å². The average Bonchev–Trinajstić information content (AvgIpc) is 2.82. The number of rotatable bonds is 3. The molecule has 1 amide bonds. The molecule has 1 aliphatic rings. The summed E-state index contributed by atoms with van der Waals surface area (Å²) in [6.07, 6.45) is 0.798. The van der Waals surface area contributed by atoms with Gasteiger partial charge in [0, 0.05) is 49.4 Å². The number of amides is 1. The molecule has 1 aliphatic heterocycles. The summed E-state index contributed by atoms with van der Waals surface area (Å²) in [5.41, 5.74) is 4.72. The summed E-state index contributed by atoms with van der Waals surface area (Å²) in [5.74, 6) is 0.857. The molecule has 0 saturated heterocycles. The van der Waals surface area contributed by atoms with Gasteiger partial charge in [-0.2, -0.15) is 5.10 Å². The fraction of sp³-hybridized carbons (Fsp3) is 0.389. The van der Waals surface area contributed by atoms with E-state index >= 15 is 0 Å². The molecule has 1 aromatic heterocycles. The highest BCUT2D eigenvalue weighted by Gasteiger charge is 2.25. The minimum absolute atomic E-state index is 0.0348. The number of hydrogen-bond donors (Lipinski definition) is 1. The van der Waals surface area contributed by atoms with Gasteiger partial charge < -0.3 is 10.2 Å². The first-order valence-electron chi connectivity index (χ1n) is 8.05. The molecule has 6 heteroatoms. The van der Waals surface area contributed by atoms with E-state index in [1.165, 1.54) is 0 Å². The van der Waals surface area contributed by atoms with E-state index in [-0.39, 0.29) is 11.7 Å². The molecule has 0 bridgehead atoms. The number of aromatic nitrogens is 2. The molecular weight excluding hydrogens is 304 g/mol. The topological polar surface area (TPSA) is 67.2 Å². The standard InChI is InChI=1S/C18H22N4O2/c1-11-7-14(12(2)23)9-15(8-11)19-18-16-10-22(13(3)24)6-5-17(16)21(4)20-18/h7-9H,5-6,10H2,1-4H3,(H,19,20). The van der Waals surface area contributed by atoms with Crippen molar-refractivity contribution in [2.45, 2.75) is 33.7 Å². The lowest BCUT2D eigenvalue weighted by molar-refractivity contribution is -0.129. The Bertz CT molecular complexity index is 823. The Morgan fingerprint density at radius 2 is 1.96 bits per heavy atom. The number of nitrogens with zero attached hydrogens (tertiary/aromatic N) is 3. The van der Waals surface area contributed by atoms with Crippen molar-refractivity contribution in [2.75, 3.05) is 11.9 Å². The van der Waals surface area contributed by atoms with Gasteiger partial charge in [0.15, 0.2) is 11.6 Å². The zero-order valence-corrected chi connectivity index (χ0v) is 14.5. The van der Waals surface area contributed by atoms with Crippen LogP contribution < -0.4 is 5.32 Å². The first-order valence-corrected chi connectivity index (χ1v) is 8.05. The van der Waals surface area contributed by atoms with Crippen molar-refractivity contribution in [1.29, 1.82) is 0 Å². The van der Waals surface area contributed by atoms with Crippen molar-refractivity contribution in [3.63, 3.8) is 0 Å². The van der Waals surface area contributed by atoms with Crippen LogP contribution in [-0.2, 0) is 24.8 Å². The predicted molar refractivity (Wildman–Crippen MR) is 92.5 cm³/mol. The fourth-order valence-electron chi connectivity index (χ4n) is 3.16. The number of carbonyl (C=O) groups is 2. The van der Waals surface area contributed by atoms with Gasteiger partial charge in [-0.05, 0) is 37.6 Å². The number of fused-ring (bicyclic) bond motifs is 1. The van der Waals surface area contributed by atoms with Crippen molar-refractivity contribution in [3.05, 3.63) is 40.6 Å². The summed E-state index contributed by atoms with van der Waals surface area (Å²) >= 11 is 0. The smallest absolute Gasteiger partial charge is 0.219 e. The second-order valence-electron chi connectivity index (χ2n) is 6.36. The molecule has 0 saturated carbocycles. The van der Waals surface area contributed by atoms with Crippen LogP contribution >= 0.6 is 0 Å².